The predicted molar refractivity (Wildman–Crippen MR) is 53.6 cm³/mol. The summed E-state index contributed by atoms with van der Waals surface area (Å²) in [6.45, 7) is 0. The van der Waals surface area contributed by atoms with E-state index in [9.17, 15) is 0 Å². The average molecular weight is 157 g/mol. The molecule has 0 nitrogen and oxygen atoms in total. The van der Waals surface area contributed by atoms with Crippen LogP contribution in [0.3, 0.4) is 0 Å². The lowest BCUT2D eigenvalue weighted by Crippen LogP contribution is -1.62. The molecule has 1 rings (SSSR count). The van der Waals surface area contributed by atoms with Gasteiger partial charge < -0.3 is 0 Å². The summed E-state index contributed by atoms with van der Waals surface area (Å²) in [6, 6.07) is 0. The van der Waals surface area contributed by atoms with Crippen LogP contribution in [0.2, 0.25) is 0 Å². The first-order valence-corrected chi connectivity index (χ1v) is 4.21. The first-order valence-electron chi connectivity index (χ1n) is 4.21. The first-order chi connectivity index (χ1) is 6.00. The van der Waals surface area contributed by atoms with Gasteiger partial charge in [0.1, 0.15) is 0 Å². The highest BCUT2D eigenvalue weighted by Gasteiger charge is 1.72. The summed E-state index contributed by atoms with van der Waals surface area (Å²) in [5.41, 5.74) is 0. The van der Waals surface area contributed by atoms with E-state index in [1.165, 1.54) is 0 Å². The SMILES string of the molecule is [C]1=C\C/C=C\C=C\C/C=C/C=C/1. The highest BCUT2D eigenvalue weighted by Crippen LogP contribution is 1.92. The molecule has 0 atom stereocenters. The molecule has 1 radical (unpaired) electrons. The fourth-order valence-electron chi connectivity index (χ4n) is 0.865. The van der Waals surface area contributed by atoms with Gasteiger partial charge in [0.2, 0.25) is 0 Å². The van der Waals surface area contributed by atoms with Crippen LogP contribution in [0.5, 0.6) is 0 Å². The minimum absolute atomic E-state index is 0.957. The Balaban J connectivity index is 2.55. The number of hydrogen-bond acceptors (Lipinski definition) is 0. The third kappa shape index (κ3) is 4.51. The molecule has 0 spiro atoms. The number of allylic oxidation sites excluding steroid dienone is 10. The van der Waals surface area contributed by atoms with Gasteiger partial charge >= 0.3 is 0 Å². The predicted octanol–water partition coefficient (Wildman–Crippen LogP) is 3.36. The largest absolute Gasteiger partial charge is 0.0808 e. The van der Waals surface area contributed by atoms with Crippen LogP contribution < -0.4 is 0 Å². The van der Waals surface area contributed by atoms with Gasteiger partial charge in [-0.3, -0.25) is 0 Å². The molecule has 0 aromatic carbocycles. The van der Waals surface area contributed by atoms with E-state index in [-0.39, 0.29) is 0 Å². The van der Waals surface area contributed by atoms with Crippen molar-refractivity contribution in [2.45, 2.75) is 12.8 Å². The molecule has 61 valence electrons. The van der Waals surface area contributed by atoms with Crippen molar-refractivity contribution >= 4 is 0 Å². The Morgan fingerprint density at radius 1 is 0.750 bits per heavy atom. The van der Waals surface area contributed by atoms with E-state index in [1.54, 1.807) is 0 Å². The molecule has 1 aliphatic carbocycles. The van der Waals surface area contributed by atoms with E-state index in [0.717, 1.165) is 12.8 Å². The topological polar surface area (TPSA) is 0 Å². The van der Waals surface area contributed by atoms with Crippen LogP contribution in [-0.2, 0) is 0 Å². The van der Waals surface area contributed by atoms with Crippen LogP contribution in [0.4, 0.5) is 0 Å². The van der Waals surface area contributed by atoms with Crippen LogP contribution in [0.1, 0.15) is 12.8 Å². The minimum atomic E-state index is 0.957. The maximum atomic E-state index is 3.07. The Bertz CT molecular complexity index is 211. The second kappa shape index (κ2) is 6.41. The third-order valence-corrected chi connectivity index (χ3v) is 1.47. The van der Waals surface area contributed by atoms with Gasteiger partial charge in [-0.15, -0.1) is 0 Å². The van der Waals surface area contributed by atoms with Gasteiger partial charge in [0.05, 0.1) is 0 Å². The molecule has 0 saturated carbocycles. The van der Waals surface area contributed by atoms with Crippen molar-refractivity contribution in [1.82, 2.24) is 0 Å². The van der Waals surface area contributed by atoms with Crippen molar-refractivity contribution in [2.24, 2.45) is 0 Å². The number of rotatable bonds is 0. The van der Waals surface area contributed by atoms with Gasteiger partial charge in [-0.1, -0.05) is 54.7 Å². The molecule has 0 aromatic heterocycles. The lowest BCUT2D eigenvalue weighted by atomic mass is 10.2. The summed E-state index contributed by atoms with van der Waals surface area (Å²) >= 11 is 0. The summed E-state index contributed by atoms with van der Waals surface area (Å²) in [6.07, 6.45) is 23.5. The van der Waals surface area contributed by atoms with Gasteiger partial charge in [-0.05, 0) is 18.9 Å². The molecule has 12 heavy (non-hydrogen) atoms. The zero-order valence-corrected chi connectivity index (χ0v) is 7.11. The van der Waals surface area contributed by atoms with Gasteiger partial charge in [-0.2, -0.15) is 0 Å². The summed E-state index contributed by atoms with van der Waals surface area (Å²) in [5, 5.41) is 0. The zero-order valence-electron chi connectivity index (χ0n) is 7.11. The zero-order chi connectivity index (χ0) is 8.49. The second-order valence-corrected chi connectivity index (χ2v) is 2.49. The van der Waals surface area contributed by atoms with Crippen molar-refractivity contribution in [3.05, 3.63) is 60.8 Å². The second-order valence-electron chi connectivity index (χ2n) is 2.49. The van der Waals surface area contributed by atoms with Crippen molar-refractivity contribution in [1.29, 1.82) is 0 Å². The Kier molecular flexibility index (Phi) is 4.70. The van der Waals surface area contributed by atoms with Crippen molar-refractivity contribution in [3.63, 3.8) is 0 Å². The minimum Gasteiger partial charge on any atom is -0.0808 e. The van der Waals surface area contributed by atoms with E-state index >= 15 is 0 Å². The highest BCUT2D eigenvalue weighted by atomic mass is 13.8. The molecule has 0 saturated heterocycles. The summed E-state index contributed by atoms with van der Waals surface area (Å²) in [5.74, 6) is 0. The summed E-state index contributed by atoms with van der Waals surface area (Å²) < 4.78 is 0. The molecule has 0 aliphatic heterocycles. The first kappa shape index (κ1) is 8.79. The van der Waals surface area contributed by atoms with E-state index < -0.39 is 0 Å². The fourth-order valence-corrected chi connectivity index (χ4v) is 0.865. The molecule has 0 bridgehead atoms. The number of hydrogen-bond donors (Lipinski definition) is 0. The Morgan fingerprint density at radius 2 is 1.42 bits per heavy atom. The summed E-state index contributed by atoms with van der Waals surface area (Å²) in [7, 11) is 0. The lowest BCUT2D eigenvalue weighted by molar-refractivity contribution is 1.36. The maximum Gasteiger partial charge on any atom is -0.0157 e. The van der Waals surface area contributed by atoms with E-state index in [0.29, 0.717) is 0 Å². The quantitative estimate of drug-likeness (QED) is 0.505. The van der Waals surface area contributed by atoms with E-state index in [4.69, 9.17) is 0 Å². The standard InChI is InChI=1S/C12H13/c1-2-4-6-8-10-12-11-9-7-5-3-1/h1-4,7-9,11-12H,5-6H2/b3-1+,4-2-,9-7+,10-8?,12-11+. The van der Waals surface area contributed by atoms with Crippen molar-refractivity contribution in [2.75, 3.05) is 0 Å². The molecular formula is C12H13. The van der Waals surface area contributed by atoms with Crippen LogP contribution >= 0.6 is 0 Å². The van der Waals surface area contributed by atoms with E-state index in [2.05, 4.69) is 36.5 Å². The van der Waals surface area contributed by atoms with Gasteiger partial charge in [0, 0.05) is 0 Å². The molecular weight excluding hydrogens is 144 g/mol. The van der Waals surface area contributed by atoms with Crippen LogP contribution in [-0.4, -0.2) is 0 Å². The van der Waals surface area contributed by atoms with Crippen LogP contribution in [0.25, 0.3) is 0 Å². The maximum absolute atomic E-state index is 3.07. The van der Waals surface area contributed by atoms with Crippen molar-refractivity contribution in [3.8, 4) is 0 Å². The molecule has 0 unspecified atom stereocenters. The molecule has 0 N–H and O–H groups in total. The van der Waals surface area contributed by atoms with Crippen LogP contribution in [0.15, 0.2) is 54.7 Å². The van der Waals surface area contributed by atoms with Gasteiger partial charge in [0.25, 0.3) is 0 Å². The Labute approximate surface area is 74.3 Å². The van der Waals surface area contributed by atoms with Crippen LogP contribution in [0, 0.1) is 6.08 Å². The third-order valence-electron chi connectivity index (χ3n) is 1.47. The molecule has 0 fully saturated rings. The van der Waals surface area contributed by atoms with Gasteiger partial charge in [-0.25, -0.2) is 0 Å². The molecule has 0 heterocycles. The lowest BCUT2D eigenvalue weighted by Gasteiger charge is -1.82. The molecule has 0 heteroatoms. The highest BCUT2D eigenvalue weighted by molar-refractivity contribution is 5.12. The smallest absolute Gasteiger partial charge is 0.0157 e. The Hall–Kier alpha value is -1.30. The average Bonchev–Trinajstić information content (AvgIpc) is 2.05. The summed E-state index contributed by atoms with van der Waals surface area (Å²) in [4.78, 5) is 0. The molecule has 0 aromatic rings. The Morgan fingerprint density at radius 3 is 2.25 bits per heavy atom. The normalized spacial score (nSPS) is 30.7. The van der Waals surface area contributed by atoms with E-state index in [1.807, 2.05) is 24.3 Å². The molecule has 1 aliphatic rings. The van der Waals surface area contributed by atoms with Crippen molar-refractivity contribution < 1.29 is 0 Å². The monoisotopic (exact) mass is 157 g/mol. The van der Waals surface area contributed by atoms with Gasteiger partial charge in [0.15, 0.2) is 0 Å². The fraction of sp³-hybridized carbons (Fsp3) is 0.167. The molecule has 0 amide bonds.